The molecule has 0 amide bonds. The maximum absolute atomic E-state index is 9.14. The number of rotatable bonds is 5. The van der Waals surface area contributed by atoms with Gasteiger partial charge in [0, 0.05) is 35.7 Å². The molecule has 0 bridgehead atoms. The van der Waals surface area contributed by atoms with Gasteiger partial charge in [0.15, 0.2) is 0 Å². The zero-order chi connectivity index (χ0) is 22.7. The highest BCUT2D eigenvalue weighted by Crippen LogP contribution is 2.39. The van der Waals surface area contributed by atoms with Crippen molar-refractivity contribution in [2.75, 3.05) is 24.5 Å². The first-order chi connectivity index (χ1) is 15.5. The zero-order valence-corrected chi connectivity index (χ0v) is 20.1. The van der Waals surface area contributed by atoms with Crippen LogP contribution >= 0.6 is 34.8 Å². The Bertz CT molecular complexity index is 1110. The van der Waals surface area contributed by atoms with Crippen LogP contribution < -0.4 is 4.90 Å². The summed E-state index contributed by atoms with van der Waals surface area (Å²) in [5.74, 6) is 0. The van der Waals surface area contributed by atoms with Crippen molar-refractivity contribution in [1.82, 2.24) is 4.90 Å². The largest absolute Gasteiger partial charge is 0.361 e. The minimum Gasteiger partial charge on any atom is -0.361 e. The molecule has 3 aromatic carbocycles. The molecule has 3 nitrogen and oxygen atoms in total. The monoisotopic (exact) mass is 483 g/mol. The summed E-state index contributed by atoms with van der Waals surface area (Å²) < 4.78 is 0. The Labute approximate surface area is 204 Å². The summed E-state index contributed by atoms with van der Waals surface area (Å²) in [6.07, 6.45) is 0.987. The van der Waals surface area contributed by atoms with Gasteiger partial charge in [0.05, 0.1) is 28.4 Å². The van der Waals surface area contributed by atoms with E-state index in [1.807, 2.05) is 36.4 Å². The van der Waals surface area contributed by atoms with E-state index in [0.29, 0.717) is 15.6 Å². The second-order valence-electron chi connectivity index (χ2n) is 8.01. The van der Waals surface area contributed by atoms with E-state index in [1.165, 1.54) is 11.1 Å². The molecule has 1 aliphatic heterocycles. The zero-order valence-electron chi connectivity index (χ0n) is 17.8. The van der Waals surface area contributed by atoms with Gasteiger partial charge >= 0.3 is 0 Å². The number of halogens is 3. The van der Waals surface area contributed by atoms with Crippen molar-refractivity contribution < 1.29 is 0 Å². The van der Waals surface area contributed by atoms with Gasteiger partial charge in [-0.2, -0.15) is 5.26 Å². The minimum absolute atomic E-state index is 0.118. The molecule has 4 rings (SSSR count). The van der Waals surface area contributed by atoms with E-state index in [0.717, 1.165) is 36.8 Å². The molecular weight excluding hydrogens is 461 g/mol. The third-order valence-corrected chi connectivity index (χ3v) is 6.93. The molecular formula is C26H24Cl3N3. The molecule has 0 aliphatic carbocycles. The summed E-state index contributed by atoms with van der Waals surface area (Å²) in [5.41, 5.74) is 4.10. The molecule has 0 N–H and O–H groups in total. The van der Waals surface area contributed by atoms with Gasteiger partial charge in [-0.05, 0) is 60.0 Å². The van der Waals surface area contributed by atoms with Gasteiger partial charge in [-0.1, -0.05) is 66.0 Å². The third kappa shape index (κ3) is 4.90. The molecule has 6 heteroatoms. The first kappa shape index (κ1) is 23.0. The van der Waals surface area contributed by atoms with Gasteiger partial charge in [0.1, 0.15) is 0 Å². The maximum Gasteiger partial charge on any atom is 0.0991 e. The number of nitrogens with zero attached hydrogens (tertiary/aromatic N) is 3. The Morgan fingerprint density at radius 1 is 0.938 bits per heavy atom. The minimum atomic E-state index is 0.118. The number of anilines is 1. The molecule has 0 saturated carbocycles. The summed E-state index contributed by atoms with van der Waals surface area (Å²) >= 11 is 18.9. The van der Waals surface area contributed by atoms with Crippen molar-refractivity contribution in [3.05, 3.63) is 98.5 Å². The highest BCUT2D eigenvalue weighted by molar-refractivity contribution is 6.36. The fourth-order valence-corrected chi connectivity index (χ4v) is 5.19. The standard InChI is InChI=1S/C26H24Cl3N3/c1-2-24(19-5-3-18(16-30)4-6-19)31-13-14-32(25-12-11-22(28)15-23(25)29)26(17-31)20-7-9-21(27)10-8-20/h3-12,15,24,26H,2,13-14,17H2,1H3. The van der Waals surface area contributed by atoms with E-state index in [4.69, 9.17) is 40.1 Å². The molecule has 2 atom stereocenters. The van der Waals surface area contributed by atoms with Crippen LogP contribution in [0.15, 0.2) is 66.7 Å². The fraction of sp³-hybridized carbons (Fsp3) is 0.269. The number of hydrogen-bond acceptors (Lipinski definition) is 3. The van der Waals surface area contributed by atoms with Crippen LogP contribution in [-0.2, 0) is 0 Å². The Hall–Kier alpha value is -2.22. The van der Waals surface area contributed by atoms with Crippen LogP contribution in [-0.4, -0.2) is 24.5 Å². The fourth-order valence-electron chi connectivity index (χ4n) is 4.54. The van der Waals surface area contributed by atoms with Crippen LogP contribution in [0, 0.1) is 11.3 Å². The van der Waals surface area contributed by atoms with E-state index in [1.54, 1.807) is 6.07 Å². The van der Waals surface area contributed by atoms with Crippen LogP contribution in [0.1, 0.15) is 42.1 Å². The van der Waals surface area contributed by atoms with Gasteiger partial charge < -0.3 is 4.90 Å². The topological polar surface area (TPSA) is 30.3 Å². The summed E-state index contributed by atoms with van der Waals surface area (Å²) in [6.45, 7) is 4.80. The van der Waals surface area contributed by atoms with Gasteiger partial charge in [-0.15, -0.1) is 0 Å². The van der Waals surface area contributed by atoms with Crippen LogP contribution in [0.3, 0.4) is 0 Å². The van der Waals surface area contributed by atoms with E-state index in [9.17, 15) is 0 Å². The highest BCUT2D eigenvalue weighted by Gasteiger charge is 2.33. The Balaban J connectivity index is 1.67. The van der Waals surface area contributed by atoms with Crippen molar-refractivity contribution in [2.45, 2.75) is 25.4 Å². The average molecular weight is 485 g/mol. The molecule has 0 radical (unpaired) electrons. The molecule has 1 aliphatic rings. The average Bonchev–Trinajstić information content (AvgIpc) is 2.81. The molecule has 164 valence electrons. The summed E-state index contributed by atoms with van der Waals surface area (Å²) in [5, 5.41) is 11.1. The number of hydrogen-bond donors (Lipinski definition) is 0. The predicted molar refractivity (Wildman–Crippen MR) is 134 cm³/mol. The second-order valence-corrected chi connectivity index (χ2v) is 9.29. The van der Waals surface area contributed by atoms with Crippen molar-refractivity contribution in [1.29, 1.82) is 5.26 Å². The molecule has 0 aromatic heterocycles. The second kappa shape index (κ2) is 10.1. The van der Waals surface area contributed by atoms with Gasteiger partial charge in [-0.3, -0.25) is 4.90 Å². The van der Waals surface area contributed by atoms with Crippen LogP contribution in [0.4, 0.5) is 5.69 Å². The Kier molecular flexibility index (Phi) is 7.28. The lowest BCUT2D eigenvalue weighted by molar-refractivity contribution is 0.156. The third-order valence-electron chi connectivity index (χ3n) is 6.14. The van der Waals surface area contributed by atoms with Crippen molar-refractivity contribution >= 4 is 40.5 Å². The normalized spacial score (nSPS) is 17.7. The van der Waals surface area contributed by atoms with E-state index in [-0.39, 0.29) is 12.1 Å². The van der Waals surface area contributed by atoms with Crippen LogP contribution in [0.25, 0.3) is 0 Å². The first-order valence-corrected chi connectivity index (χ1v) is 11.8. The number of nitriles is 1. The lowest BCUT2D eigenvalue weighted by Gasteiger charge is -2.46. The molecule has 2 unspecified atom stereocenters. The summed E-state index contributed by atoms with van der Waals surface area (Å²) in [7, 11) is 0. The van der Waals surface area contributed by atoms with E-state index in [2.05, 4.69) is 47.1 Å². The lowest BCUT2D eigenvalue weighted by atomic mass is 9.96. The van der Waals surface area contributed by atoms with Crippen LogP contribution in [0.5, 0.6) is 0 Å². The van der Waals surface area contributed by atoms with Gasteiger partial charge in [0.25, 0.3) is 0 Å². The van der Waals surface area contributed by atoms with Crippen molar-refractivity contribution in [3.8, 4) is 6.07 Å². The van der Waals surface area contributed by atoms with Crippen molar-refractivity contribution in [3.63, 3.8) is 0 Å². The van der Waals surface area contributed by atoms with E-state index >= 15 is 0 Å². The molecule has 1 heterocycles. The van der Waals surface area contributed by atoms with Crippen molar-refractivity contribution in [2.24, 2.45) is 0 Å². The maximum atomic E-state index is 9.14. The lowest BCUT2D eigenvalue weighted by Crippen LogP contribution is -2.49. The molecule has 0 spiro atoms. The smallest absolute Gasteiger partial charge is 0.0991 e. The Morgan fingerprint density at radius 2 is 1.62 bits per heavy atom. The van der Waals surface area contributed by atoms with Crippen LogP contribution in [0.2, 0.25) is 15.1 Å². The SMILES string of the molecule is CCC(c1ccc(C#N)cc1)N1CCN(c2ccc(Cl)cc2Cl)C(c2ccc(Cl)cc2)C1. The Morgan fingerprint density at radius 3 is 2.25 bits per heavy atom. The summed E-state index contributed by atoms with van der Waals surface area (Å²) in [6, 6.07) is 24.3. The van der Waals surface area contributed by atoms with E-state index < -0.39 is 0 Å². The quantitative estimate of drug-likeness (QED) is 0.375. The molecule has 1 saturated heterocycles. The molecule has 32 heavy (non-hydrogen) atoms. The first-order valence-electron chi connectivity index (χ1n) is 10.7. The van der Waals surface area contributed by atoms with Gasteiger partial charge in [0.2, 0.25) is 0 Å². The number of piperazine rings is 1. The molecule has 1 fully saturated rings. The number of benzene rings is 3. The molecule has 3 aromatic rings. The predicted octanol–water partition coefficient (Wildman–Crippen LogP) is 7.53. The summed E-state index contributed by atoms with van der Waals surface area (Å²) in [4.78, 5) is 4.89. The highest BCUT2D eigenvalue weighted by atomic mass is 35.5. The van der Waals surface area contributed by atoms with Gasteiger partial charge in [-0.25, -0.2) is 0 Å².